The summed E-state index contributed by atoms with van der Waals surface area (Å²) in [6.07, 6.45) is 3.82. The van der Waals surface area contributed by atoms with Crippen molar-refractivity contribution in [3.8, 4) is 0 Å². The minimum absolute atomic E-state index is 0.110. The zero-order chi connectivity index (χ0) is 14.0. The number of aromatic nitrogens is 2. The van der Waals surface area contributed by atoms with Crippen LogP contribution in [0.2, 0.25) is 5.15 Å². The molecule has 1 aliphatic rings. The Balaban J connectivity index is 1.92. The van der Waals surface area contributed by atoms with E-state index >= 15 is 0 Å². The lowest BCUT2D eigenvalue weighted by Gasteiger charge is -2.15. The summed E-state index contributed by atoms with van der Waals surface area (Å²) in [6, 6.07) is 0. The number of aryl methyl sites for hydroxylation is 1. The summed E-state index contributed by atoms with van der Waals surface area (Å²) in [7, 11) is -0.498. The van der Waals surface area contributed by atoms with E-state index in [2.05, 4.69) is 4.98 Å². The molecule has 1 fully saturated rings. The monoisotopic (exact) mass is 307 g/mol. The van der Waals surface area contributed by atoms with Gasteiger partial charge >= 0.3 is 0 Å². The van der Waals surface area contributed by atoms with Gasteiger partial charge in [0.15, 0.2) is 0 Å². The van der Waals surface area contributed by atoms with E-state index < -0.39 is 10.0 Å². The lowest BCUT2D eigenvalue weighted by molar-refractivity contribution is 0.117. The molecule has 0 spiro atoms. The topological polar surface area (TPSA) is 64.4 Å². The van der Waals surface area contributed by atoms with Crippen molar-refractivity contribution in [1.82, 2.24) is 13.9 Å². The van der Waals surface area contributed by atoms with Gasteiger partial charge in [-0.2, -0.15) is 4.31 Å². The first-order chi connectivity index (χ1) is 8.93. The second kappa shape index (κ2) is 5.78. The second-order valence-electron chi connectivity index (χ2n) is 4.80. The number of hydrogen-bond donors (Lipinski definition) is 0. The summed E-state index contributed by atoms with van der Waals surface area (Å²) in [5.41, 5.74) is 0. The Morgan fingerprint density at radius 3 is 2.79 bits per heavy atom. The maximum Gasteiger partial charge on any atom is 0.263 e. The van der Waals surface area contributed by atoms with Gasteiger partial charge in [-0.15, -0.1) is 0 Å². The van der Waals surface area contributed by atoms with Crippen molar-refractivity contribution in [3.63, 3.8) is 0 Å². The predicted molar refractivity (Wildman–Crippen MR) is 71.6 cm³/mol. The van der Waals surface area contributed by atoms with Gasteiger partial charge in [0.2, 0.25) is 5.03 Å². The van der Waals surface area contributed by atoms with Gasteiger partial charge < -0.3 is 9.30 Å². The third kappa shape index (κ3) is 3.47. The highest BCUT2D eigenvalue weighted by atomic mass is 35.5. The third-order valence-electron chi connectivity index (χ3n) is 3.09. The van der Waals surface area contributed by atoms with Crippen molar-refractivity contribution in [1.29, 1.82) is 0 Å². The fourth-order valence-corrected chi connectivity index (χ4v) is 3.09. The molecule has 0 aliphatic heterocycles. The van der Waals surface area contributed by atoms with Crippen LogP contribution in [0.4, 0.5) is 0 Å². The molecule has 0 saturated heterocycles. The molecular weight excluding hydrogens is 290 g/mol. The average Bonchev–Trinajstić information content (AvgIpc) is 3.12. The van der Waals surface area contributed by atoms with Crippen LogP contribution in [0.3, 0.4) is 0 Å². The minimum Gasteiger partial charge on any atom is -0.380 e. The molecule has 1 saturated carbocycles. The first-order valence-corrected chi connectivity index (χ1v) is 7.95. The number of halogens is 1. The van der Waals surface area contributed by atoms with Crippen molar-refractivity contribution < 1.29 is 13.2 Å². The highest BCUT2D eigenvalue weighted by Gasteiger charge is 2.27. The molecule has 0 atom stereocenters. The van der Waals surface area contributed by atoms with E-state index in [0.29, 0.717) is 19.1 Å². The van der Waals surface area contributed by atoms with Crippen LogP contribution < -0.4 is 0 Å². The number of likely N-dealkylation sites (N-methyl/N-ethyl adjacent to an activating group) is 1. The van der Waals surface area contributed by atoms with E-state index in [1.54, 1.807) is 7.05 Å². The zero-order valence-corrected chi connectivity index (χ0v) is 12.6. The quantitative estimate of drug-likeness (QED) is 0.708. The van der Waals surface area contributed by atoms with Crippen LogP contribution in [0, 0.1) is 5.92 Å². The maximum atomic E-state index is 12.2. The SMILES string of the molecule is CN(CCOCC1CC1)S(=O)(=O)c1ncn(C)c1Cl. The normalized spacial score (nSPS) is 16.2. The molecule has 1 aromatic rings. The fraction of sp³-hybridized carbons (Fsp3) is 0.727. The molecule has 0 amide bonds. The highest BCUT2D eigenvalue weighted by Crippen LogP contribution is 2.28. The molecule has 1 heterocycles. The summed E-state index contributed by atoms with van der Waals surface area (Å²) in [5.74, 6) is 0.673. The Hall–Kier alpha value is -0.630. The zero-order valence-electron chi connectivity index (χ0n) is 11.0. The van der Waals surface area contributed by atoms with Crippen LogP contribution in [-0.4, -0.2) is 49.1 Å². The lowest BCUT2D eigenvalue weighted by Crippen LogP contribution is -2.31. The number of hydrogen-bond acceptors (Lipinski definition) is 4. The smallest absolute Gasteiger partial charge is 0.263 e. The van der Waals surface area contributed by atoms with Crippen molar-refractivity contribution in [3.05, 3.63) is 11.5 Å². The Labute approximate surface area is 118 Å². The number of rotatable bonds is 7. The fourth-order valence-electron chi connectivity index (χ4n) is 1.56. The van der Waals surface area contributed by atoms with Crippen molar-refractivity contribution in [2.24, 2.45) is 13.0 Å². The van der Waals surface area contributed by atoms with Gasteiger partial charge in [0, 0.05) is 27.2 Å². The molecule has 0 aromatic carbocycles. The molecule has 0 radical (unpaired) electrons. The molecule has 1 aromatic heterocycles. The Kier molecular flexibility index (Phi) is 4.50. The number of nitrogens with zero attached hydrogens (tertiary/aromatic N) is 3. The lowest BCUT2D eigenvalue weighted by atomic mass is 10.5. The molecule has 19 heavy (non-hydrogen) atoms. The summed E-state index contributed by atoms with van der Waals surface area (Å²) in [6.45, 7) is 1.40. The van der Waals surface area contributed by atoms with Gasteiger partial charge in [0.1, 0.15) is 5.15 Å². The van der Waals surface area contributed by atoms with Crippen molar-refractivity contribution in [2.75, 3.05) is 26.8 Å². The molecule has 0 N–H and O–H groups in total. The Morgan fingerprint density at radius 2 is 2.26 bits per heavy atom. The molecular formula is C11H18ClN3O3S. The molecule has 108 valence electrons. The molecule has 0 bridgehead atoms. The van der Waals surface area contributed by atoms with Gasteiger partial charge in [-0.1, -0.05) is 11.6 Å². The Morgan fingerprint density at radius 1 is 1.58 bits per heavy atom. The molecule has 8 heteroatoms. The molecule has 2 rings (SSSR count). The van der Waals surface area contributed by atoms with Crippen LogP contribution in [0.25, 0.3) is 0 Å². The van der Waals surface area contributed by atoms with Gasteiger partial charge in [0.25, 0.3) is 10.0 Å². The van der Waals surface area contributed by atoms with E-state index in [9.17, 15) is 8.42 Å². The van der Waals surface area contributed by atoms with Crippen LogP contribution >= 0.6 is 11.6 Å². The number of imidazole rings is 1. The molecule has 6 nitrogen and oxygen atoms in total. The molecule has 1 aliphatic carbocycles. The van der Waals surface area contributed by atoms with E-state index in [4.69, 9.17) is 16.3 Å². The van der Waals surface area contributed by atoms with E-state index in [0.717, 1.165) is 6.61 Å². The van der Waals surface area contributed by atoms with Gasteiger partial charge in [-0.05, 0) is 18.8 Å². The standard InChI is InChI=1S/C11H18ClN3O3S/c1-14-8-13-11(10(14)12)19(16,17)15(2)5-6-18-7-9-3-4-9/h8-9H,3-7H2,1-2H3. The summed E-state index contributed by atoms with van der Waals surface area (Å²) in [4.78, 5) is 3.84. The second-order valence-corrected chi connectivity index (χ2v) is 7.11. The van der Waals surface area contributed by atoms with E-state index in [-0.39, 0.29) is 10.2 Å². The average molecular weight is 308 g/mol. The first-order valence-electron chi connectivity index (χ1n) is 6.14. The largest absolute Gasteiger partial charge is 0.380 e. The first kappa shape index (κ1) is 14.8. The Bertz CT molecular complexity index is 539. The summed E-state index contributed by atoms with van der Waals surface area (Å²) in [5, 5.41) is 0.00658. The van der Waals surface area contributed by atoms with Crippen LogP contribution in [0.1, 0.15) is 12.8 Å². The number of ether oxygens (including phenoxy) is 1. The van der Waals surface area contributed by atoms with E-state index in [1.165, 1.54) is 35.1 Å². The highest BCUT2D eigenvalue weighted by molar-refractivity contribution is 7.89. The van der Waals surface area contributed by atoms with Gasteiger partial charge in [0.05, 0.1) is 12.9 Å². The maximum absolute atomic E-state index is 12.2. The van der Waals surface area contributed by atoms with Crippen molar-refractivity contribution >= 4 is 21.6 Å². The summed E-state index contributed by atoms with van der Waals surface area (Å²) >= 11 is 5.91. The van der Waals surface area contributed by atoms with Crippen LogP contribution in [-0.2, 0) is 21.8 Å². The third-order valence-corrected chi connectivity index (χ3v) is 5.44. The minimum atomic E-state index is -3.64. The van der Waals surface area contributed by atoms with Gasteiger partial charge in [-0.3, -0.25) is 0 Å². The van der Waals surface area contributed by atoms with Crippen LogP contribution in [0.5, 0.6) is 0 Å². The van der Waals surface area contributed by atoms with Gasteiger partial charge in [-0.25, -0.2) is 13.4 Å². The molecule has 0 unspecified atom stereocenters. The predicted octanol–water partition coefficient (Wildman–Crippen LogP) is 1.12. The van der Waals surface area contributed by atoms with Crippen LogP contribution in [0.15, 0.2) is 11.4 Å². The summed E-state index contributed by atoms with van der Waals surface area (Å²) < 4.78 is 32.5. The van der Waals surface area contributed by atoms with Crippen molar-refractivity contribution in [2.45, 2.75) is 17.9 Å². The number of sulfonamides is 1. The van der Waals surface area contributed by atoms with E-state index in [1.807, 2.05) is 0 Å².